The third-order valence-corrected chi connectivity index (χ3v) is 3.30. The van der Waals surface area contributed by atoms with Gasteiger partial charge in [-0.25, -0.2) is 9.18 Å². The summed E-state index contributed by atoms with van der Waals surface area (Å²) in [4.78, 5) is 23.8. The van der Waals surface area contributed by atoms with Gasteiger partial charge in [0.15, 0.2) is 0 Å². The Morgan fingerprint density at radius 3 is 2.54 bits per heavy atom. The van der Waals surface area contributed by atoms with Gasteiger partial charge < -0.3 is 10.1 Å². The summed E-state index contributed by atoms with van der Waals surface area (Å²) in [6.07, 6.45) is 2.93. The number of aryl methyl sites for hydroxylation is 1. The number of rotatable bonds is 5. The number of nitrogens with one attached hydrogen (secondary N) is 1. The van der Waals surface area contributed by atoms with E-state index in [4.69, 9.17) is 4.74 Å². The van der Waals surface area contributed by atoms with Gasteiger partial charge in [-0.15, -0.1) is 0 Å². The topological polar surface area (TPSA) is 55.4 Å². The molecule has 0 heterocycles. The Morgan fingerprint density at radius 1 is 1.17 bits per heavy atom. The summed E-state index contributed by atoms with van der Waals surface area (Å²) in [5, 5.41) is 2.72. The van der Waals surface area contributed by atoms with Crippen LogP contribution in [0.4, 0.5) is 10.1 Å². The molecule has 0 fully saturated rings. The first-order valence-corrected chi connectivity index (χ1v) is 7.52. The molecule has 0 bridgehead atoms. The van der Waals surface area contributed by atoms with Gasteiger partial charge in [0.05, 0.1) is 12.2 Å². The SMILES string of the molecule is CCOC(=O)c1ccc(C)c(NC(=O)/C=C/c2ccc(F)cc2)c1. The molecule has 4 nitrogen and oxygen atoms in total. The standard InChI is InChI=1S/C19H18FNO3/c1-3-24-19(23)15-8-4-13(2)17(12-15)21-18(22)11-7-14-5-9-16(20)10-6-14/h4-12H,3H2,1-2H3,(H,21,22)/b11-7+. The lowest BCUT2D eigenvalue weighted by molar-refractivity contribution is -0.111. The highest BCUT2D eigenvalue weighted by molar-refractivity contribution is 6.03. The number of carbonyl (C=O) groups is 2. The number of halogens is 1. The first-order valence-electron chi connectivity index (χ1n) is 7.52. The van der Waals surface area contributed by atoms with Crippen LogP contribution in [0.15, 0.2) is 48.5 Å². The Labute approximate surface area is 140 Å². The maximum atomic E-state index is 12.8. The van der Waals surface area contributed by atoms with Crippen LogP contribution in [-0.2, 0) is 9.53 Å². The van der Waals surface area contributed by atoms with Crippen molar-refractivity contribution in [3.8, 4) is 0 Å². The molecule has 0 atom stereocenters. The van der Waals surface area contributed by atoms with Crippen LogP contribution < -0.4 is 5.32 Å². The molecule has 124 valence electrons. The normalized spacial score (nSPS) is 10.6. The zero-order valence-electron chi connectivity index (χ0n) is 13.5. The van der Waals surface area contributed by atoms with Crippen LogP contribution >= 0.6 is 0 Å². The van der Waals surface area contributed by atoms with Crippen LogP contribution in [0.3, 0.4) is 0 Å². The number of hydrogen-bond donors (Lipinski definition) is 1. The second-order valence-corrected chi connectivity index (χ2v) is 5.12. The molecule has 2 aromatic rings. The fourth-order valence-corrected chi connectivity index (χ4v) is 2.02. The summed E-state index contributed by atoms with van der Waals surface area (Å²) >= 11 is 0. The van der Waals surface area contributed by atoms with Gasteiger partial charge in [0, 0.05) is 11.8 Å². The zero-order valence-corrected chi connectivity index (χ0v) is 13.5. The van der Waals surface area contributed by atoms with Gasteiger partial charge in [-0.05, 0) is 55.3 Å². The molecule has 0 aliphatic carbocycles. The molecule has 0 aliphatic rings. The summed E-state index contributed by atoms with van der Waals surface area (Å²) in [6.45, 7) is 3.85. The maximum absolute atomic E-state index is 12.8. The zero-order chi connectivity index (χ0) is 17.5. The molecule has 0 spiro atoms. The highest BCUT2D eigenvalue weighted by Crippen LogP contribution is 2.18. The van der Waals surface area contributed by atoms with Crippen LogP contribution in [0.2, 0.25) is 0 Å². The van der Waals surface area contributed by atoms with E-state index in [1.54, 1.807) is 43.3 Å². The quantitative estimate of drug-likeness (QED) is 0.668. The summed E-state index contributed by atoms with van der Waals surface area (Å²) in [7, 11) is 0. The van der Waals surface area contributed by atoms with Gasteiger partial charge in [-0.1, -0.05) is 18.2 Å². The Kier molecular flexibility index (Phi) is 5.84. The minimum absolute atomic E-state index is 0.287. The minimum Gasteiger partial charge on any atom is -0.462 e. The fraction of sp³-hybridized carbons (Fsp3) is 0.158. The largest absolute Gasteiger partial charge is 0.462 e. The molecule has 2 rings (SSSR count). The monoisotopic (exact) mass is 327 g/mol. The molecule has 1 N–H and O–H groups in total. The van der Waals surface area contributed by atoms with Crippen LogP contribution in [0.25, 0.3) is 6.08 Å². The Balaban J connectivity index is 2.09. The Morgan fingerprint density at radius 2 is 1.88 bits per heavy atom. The van der Waals surface area contributed by atoms with Crippen molar-refractivity contribution in [2.24, 2.45) is 0 Å². The van der Waals surface area contributed by atoms with Crippen molar-refractivity contribution < 1.29 is 18.7 Å². The number of anilines is 1. The molecule has 0 aromatic heterocycles. The first-order chi connectivity index (χ1) is 11.5. The lowest BCUT2D eigenvalue weighted by atomic mass is 10.1. The van der Waals surface area contributed by atoms with E-state index in [0.29, 0.717) is 16.8 Å². The molecule has 5 heteroatoms. The number of amides is 1. The molecular weight excluding hydrogens is 309 g/mol. The molecule has 0 saturated heterocycles. The summed E-state index contributed by atoms with van der Waals surface area (Å²) in [5.74, 6) is -1.11. The fourth-order valence-electron chi connectivity index (χ4n) is 2.02. The van der Waals surface area contributed by atoms with Gasteiger partial charge in [-0.3, -0.25) is 4.79 Å². The van der Waals surface area contributed by atoms with Crippen molar-refractivity contribution in [3.63, 3.8) is 0 Å². The smallest absolute Gasteiger partial charge is 0.338 e. The Hall–Kier alpha value is -2.95. The molecule has 0 aliphatic heterocycles. The lowest BCUT2D eigenvalue weighted by Crippen LogP contribution is -2.11. The van der Waals surface area contributed by atoms with Crippen LogP contribution in [0, 0.1) is 12.7 Å². The van der Waals surface area contributed by atoms with E-state index < -0.39 is 5.97 Å². The number of esters is 1. The lowest BCUT2D eigenvalue weighted by Gasteiger charge is -2.09. The van der Waals surface area contributed by atoms with Gasteiger partial charge in [0.25, 0.3) is 0 Å². The first kappa shape index (κ1) is 17.4. The third kappa shape index (κ3) is 4.78. The molecule has 0 saturated carbocycles. The molecule has 2 aromatic carbocycles. The van der Waals surface area contributed by atoms with Crippen molar-refractivity contribution in [1.82, 2.24) is 0 Å². The van der Waals surface area contributed by atoms with E-state index >= 15 is 0 Å². The molecule has 0 unspecified atom stereocenters. The molecule has 1 amide bonds. The van der Waals surface area contributed by atoms with Gasteiger partial charge in [-0.2, -0.15) is 0 Å². The average molecular weight is 327 g/mol. The van der Waals surface area contributed by atoms with E-state index in [2.05, 4.69) is 5.32 Å². The van der Waals surface area contributed by atoms with Crippen molar-refractivity contribution in [1.29, 1.82) is 0 Å². The average Bonchev–Trinajstić information content (AvgIpc) is 2.56. The molecular formula is C19H18FNO3. The molecule has 24 heavy (non-hydrogen) atoms. The Bertz CT molecular complexity index is 767. The number of benzene rings is 2. The van der Waals surface area contributed by atoms with E-state index in [1.807, 2.05) is 6.92 Å². The van der Waals surface area contributed by atoms with Crippen LogP contribution in [0.1, 0.15) is 28.4 Å². The van der Waals surface area contributed by atoms with E-state index in [9.17, 15) is 14.0 Å². The van der Waals surface area contributed by atoms with Crippen molar-refractivity contribution in [2.75, 3.05) is 11.9 Å². The number of hydrogen-bond acceptors (Lipinski definition) is 3. The highest BCUT2D eigenvalue weighted by Gasteiger charge is 2.10. The third-order valence-electron chi connectivity index (χ3n) is 3.30. The van der Waals surface area contributed by atoms with Crippen molar-refractivity contribution in [3.05, 3.63) is 71.0 Å². The van der Waals surface area contributed by atoms with E-state index in [0.717, 1.165) is 5.56 Å². The summed E-state index contributed by atoms with van der Waals surface area (Å²) in [5.41, 5.74) is 2.45. The van der Waals surface area contributed by atoms with Crippen LogP contribution in [0.5, 0.6) is 0 Å². The van der Waals surface area contributed by atoms with Crippen molar-refractivity contribution >= 4 is 23.6 Å². The maximum Gasteiger partial charge on any atom is 0.338 e. The van der Waals surface area contributed by atoms with Crippen molar-refractivity contribution in [2.45, 2.75) is 13.8 Å². The van der Waals surface area contributed by atoms with Crippen LogP contribution in [-0.4, -0.2) is 18.5 Å². The minimum atomic E-state index is -0.435. The second-order valence-electron chi connectivity index (χ2n) is 5.12. The number of ether oxygens (including phenoxy) is 1. The second kappa shape index (κ2) is 8.06. The molecule has 0 radical (unpaired) electrons. The van der Waals surface area contributed by atoms with Gasteiger partial charge in [0.2, 0.25) is 5.91 Å². The summed E-state index contributed by atoms with van der Waals surface area (Å²) in [6, 6.07) is 10.8. The van der Waals surface area contributed by atoms with E-state index in [1.165, 1.54) is 18.2 Å². The highest BCUT2D eigenvalue weighted by atomic mass is 19.1. The summed E-state index contributed by atoms with van der Waals surface area (Å²) < 4.78 is 17.8. The van der Waals surface area contributed by atoms with Gasteiger partial charge in [0.1, 0.15) is 5.82 Å². The van der Waals surface area contributed by atoms with Gasteiger partial charge >= 0.3 is 5.97 Å². The predicted molar refractivity (Wildman–Crippen MR) is 91.2 cm³/mol. The van der Waals surface area contributed by atoms with E-state index in [-0.39, 0.29) is 18.3 Å². The predicted octanol–water partition coefficient (Wildman–Crippen LogP) is 3.96. The number of carbonyl (C=O) groups excluding carboxylic acids is 2.